The largest absolute Gasteiger partial charge is 0.496 e. The number of carbonyl (C=O) groups is 1. The number of hydrogen-bond acceptors (Lipinski definition) is 4. The van der Waals surface area contributed by atoms with Gasteiger partial charge in [0, 0.05) is 10.5 Å². The molecule has 21 heavy (non-hydrogen) atoms. The van der Waals surface area contributed by atoms with Crippen LogP contribution in [0.5, 0.6) is 0 Å². The van der Waals surface area contributed by atoms with Crippen LogP contribution in [0.4, 0.5) is 4.39 Å². The first-order valence-electron chi connectivity index (χ1n) is 6.52. The summed E-state index contributed by atoms with van der Waals surface area (Å²) in [4.78, 5) is 11.6. The van der Waals surface area contributed by atoms with E-state index in [0.717, 1.165) is 6.07 Å². The van der Waals surface area contributed by atoms with Crippen LogP contribution in [-0.2, 0) is 14.0 Å². The summed E-state index contributed by atoms with van der Waals surface area (Å²) in [5, 5.41) is 0.138. The SMILES string of the molecule is COC(=O)c1cc(B2OC(C)(C)C(C)(C)O2)c(Cl)cc1F. The summed E-state index contributed by atoms with van der Waals surface area (Å²) in [6, 6.07) is 2.37. The van der Waals surface area contributed by atoms with Gasteiger partial charge >= 0.3 is 13.1 Å². The molecule has 0 unspecified atom stereocenters. The third-order valence-electron chi connectivity index (χ3n) is 4.00. The molecule has 0 saturated carbocycles. The number of ether oxygens (including phenoxy) is 1. The quantitative estimate of drug-likeness (QED) is 0.622. The highest BCUT2D eigenvalue weighted by Gasteiger charge is 2.52. The number of methoxy groups -OCH3 is 1. The molecule has 114 valence electrons. The minimum Gasteiger partial charge on any atom is -0.465 e. The van der Waals surface area contributed by atoms with E-state index in [2.05, 4.69) is 4.74 Å². The lowest BCUT2D eigenvalue weighted by atomic mass is 9.78. The standard InChI is InChI=1S/C14H17BClFO4/c1-13(2)14(3,4)21-15(20-13)9-6-8(12(18)19-5)11(17)7-10(9)16/h6-7H,1-5H3. The summed E-state index contributed by atoms with van der Waals surface area (Å²) in [5.74, 6) is -1.52. The third kappa shape index (κ3) is 2.80. The zero-order valence-electron chi connectivity index (χ0n) is 12.6. The van der Waals surface area contributed by atoms with E-state index >= 15 is 0 Å². The van der Waals surface area contributed by atoms with E-state index in [9.17, 15) is 9.18 Å². The lowest BCUT2D eigenvalue weighted by molar-refractivity contribution is 0.00578. The van der Waals surface area contributed by atoms with Crippen molar-refractivity contribution in [2.45, 2.75) is 38.9 Å². The van der Waals surface area contributed by atoms with Gasteiger partial charge in [-0.15, -0.1) is 0 Å². The molecular weight excluding hydrogens is 297 g/mol. The molecule has 0 bridgehead atoms. The van der Waals surface area contributed by atoms with Crippen molar-refractivity contribution in [1.29, 1.82) is 0 Å². The van der Waals surface area contributed by atoms with Gasteiger partial charge in [-0.1, -0.05) is 11.6 Å². The van der Waals surface area contributed by atoms with E-state index in [4.69, 9.17) is 20.9 Å². The number of esters is 1. The summed E-state index contributed by atoms with van der Waals surface area (Å²) in [6.07, 6.45) is 0. The van der Waals surface area contributed by atoms with Crippen LogP contribution in [0.1, 0.15) is 38.1 Å². The van der Waals surface area contributed by atoms with E-state index in [1.165, 1.54) is 13.2 Å². The minimum atomic E-state index is -0.776. The molecule has 0 aromatic heterocycles. The average molecular weight is 315 g/mol. The Kier molecular flexibility index (Phi) is 4.08. The van der Waals surface area contributed by atoms with Crippen molar-refractivity contribution in [2.75, 3.05) is 7.11 Å². The van der Waals surface area contributed by atoms with Crippen LogP contribution in [0, 0.1) is 5.82 Å². The van der Waals surface area contributed by atoms with Crippen LogP contribution >= 0.6 is 11.6 Å². The Morgan fingerprint density at radius 3 is 2.24 bits per heavy atom. The van der Waals surface area contributed by atoms with Crippen LogP contribution in [-0.4, -0.2) is 31.4 Å². The maximum Gasteiger partial charge on any atom is 0.496 e. The van der Waals surface area contributed by atoms with Crippen LogP contribution in [0.3, 0.4) is 0 Å². The van der Waals surface area contributed by atoms with Gasteiger partial charge in [-0.3, -0.25) is 0 Å². The maximum absolute atomic E-state index is 13.8. The van der Waals surface area contributed by atoms with Crippen molar-refractivity contribution < 1.29 is 23.2 Å². The van der Waals surface area contributed by atoms with Gasteiger partial charge in [0.15, 0.2) is 0 Å². The monoisotopic (exact) mass is 314 g/mol. The highest BCUT2D eigenvalue weighted by atomic mass is 35.5. The Labute approximate surface area is 128 Å². The van der Waals surface area contributed by atoms with Gasteiger partial charge < -0.3 is 14.0 Å². The highest BCUT2D eigenvalue weighted by molar-refractivity contribution is 6.65. The van der Waals surface area contributed by atoms with Gasteiger partial charge in [0.05, 0.1) is 23.9 Å². The molecule has 1 aromatic rings. The molecule has 1 aromatic carbocycles. The average Bonchev–Trinajstić information content (AvgIpc) is 2.57. The molecule has 1 heterocycles. The smallest absolute Gasteiger partial charge is 0.465 e. The predicted octanol–water partition coefficient (Wildman–Crippen LogP) is 2.56. The normalized spacial score (nSPS) is 19.7. The molecular formula is C14H17BClFO4. The topological polar surface area (TPSA) is 44.8 Å². The fourth-order valence-electron chi connectivity index (χ4n) is 1.98. The van der Waals surface area contributed by atoms with Crippen molar-refractivity contribution in [2.24, 2.45) is 0 Å². The van der Waals surface area contributed by atoms with Gasteiger partial charge in [-0.2, -0.15) is 0 Å². The molecule has 0 N–H and O–H groups in total. The zero-order valence-corrected chi connectivity index (χ0v) is 13.4. The van der Waals surface area contributed by atoms with Gasteiger partial charge in [-0.05, 0) is 39.8 Å². The molecule has 0 spiro atoms. The van der Waals surface area contributed by atoms with Crippen LogP contribution in [0.25, 0.3) is 0 Å². The number of carbonyl (C=O) groups excluding carboxylic acids is 1. The first-order chi connectivity index (χ1) is 9.59. The fraction of sp³-hybridized carbons (Fsp3) is 0.500. The summed E-state index contributed by atoms with van der Waals surface area (Å²) in [7, 11) is 0.414. The Morgan fingerprint density at radius 2 is 1.76 bits per heavy atom. The number of hydrogen-bond donors (Lipinski definition) is 0. The molecule has 0 amide bonds. The summed E-state index contributed by atoms with van der Waals surface area (Å²) in [6.45, 7) is 7.58. The molecule has 0 radical (unpaired) electrons. The number of benzene rings is 1. The molecule has 2 rings (SSSR count). The maximum atomic E-state index is 13.8. The molecule has 4 nitrogen and oxygen atoms in total. The highest BCUT2D eigenvalue weighted by Crippen LogP contribution is 2.37. The second-order valence-electron chi connectivity index (χ2n) is 5.93. The predicted molar refractivity (Wildman–Crippen MR) is 78.5 cm³/mol. The number of halogens is 2. The van der Waals surface area contributed by atoms with E-state index < -0.39 is 30.1 Å². The van der Waals surface area contributed by atoms with Crippen molar-refractivity contribution in [3.8, 4) is 0 Å². The second kappa shape index (κ2) is 5.27. The Hall–Kier alpha value is -1.11. The van der Waals surface area contributed by atoms with Crippen molar-refractivity contribution in [3.05, 3.63) is 28.5 Å². The molecule has 1 aliphatic rings. The lowest BCUT2D eigenvalue weighted by Gasteiger charge is -2.32. The summed E-state index contributed by atoms with van der Waals surface area (Å²) in [5.41, 5.74) is -0.912. The molecule has 0 atom stereocenters. The van der Waals surface area contributed by atoms with Crippen molar-refractivity contribution in [1.82, 2.24) is 0 Å². The first-order valence-corrected chi connectivity index (χ1v) is 6.90. The molecule has 7 heteroatoms. The Morgan fingerprint density at radius 1 is 1.24 bits per heavy atom. The van der Waals surface area contributed by atoms with E-state index in [-0.39, 0.29) is 10.6 Å². The van der Waals surface area contributed by atoms with Crippen molar-refractivity contribution in [3.63, 3.8) is 0 Å². The Balaban J connectivity index is 2.44. The Bertz CT molecular complexity index is 573. The third-order valence-corrected chi connectivity index (χ3v) is 4.33. The van der Waals surface area contributed by atoms with Crippen LogP contribution in [0.15, 0.2) is 12.1 Å². The first kappa shape index (κ1) is 16.3. The molecule has 0 aliphatic carbocycles. The zero-order chi connectivity index (χ0) is 16.0. The van der Waals surface area contributed by atoms with E-state index in [1.807, 2.05) is 27.7 Å². The molecule has 1 fully saturated rings. The summed E-state index contributed by atoms with van der Waals surface area (Å²) >= 11 is 6.06. The van der Waals surface area contributed by atoms with Gasteiger partial charge in [0.2, 0.25) is 0 Å². The van der Waals surface area contributed by atoms with Gasteiger partial charge in [-0.25, -0.2) is 9.18 Å². The van der Waals surface area contributed by atoms with E-state index in [1.54, 1.807) is 0 Å². The summed E-state index contributed by atoms with van der Waals surface area (Å²) < 4.78 is 30.1. The van der Waals surface area contributed by atoms with Gasteiger partial charge in [0.1, 0.15) is 5.82 Å². The van der Waals surface area contributed by atoms with Crippen molar-refractivity contribution >= 4 is 30.2 Å². The lowest BCUT2D eigenvalue weighted by Crippen LogP contribution is -2.41. The van der Waals surface area contributed by atoms with Gasteiger partial charge in [0.25, 0.3) is 0 Å². The fourth-order valence-corrected chi connectivity index (χ4v) is 2.22. The van der Waals surface area contributed by atoms with E-state index in [0.29, 0.717) is 5.46 Å². The van der Waals surface area contributed by atoms with Crippen LogP contribution in [0.2, 0.25) is 5.02 Å². The number of rotatable bonds is 2. The molecule has 1 aliphatic heterocycles. The molecule has 1 saturated heterocycles. The minimum absolute atomic E-state index is 0.138. The van der Waals surface area contributed by atoms with Crippen LogP contribution < -0.4 is 5.46 Å². The second-order valence-corrected chi connectivity index (χ2v) is 6.34.